The molecule has 0 saturated heterocycles. The van der Waals surface area contributed by atoms with Gasteiger partial charge in [0, 0.05) is 29.1 Å². The highest BCUT2D eigenvalue weighted by molar-refractivity contribution is 7.98. The SMILES string of the molecule is CSc1ccc(NC(=O)CCn2c(-c3ccc(C)cc3)n[nH]c2=S)cc1. The second kappa shape index (κ2) is 8.33. The number of aromatic nitrogens is 3. The summed E-state index contributed by atoms with van der Waals surface area (Å²) in [6.45, 7) is 2.50. The second-order valence-electron chi connectivity index (χ2n) is 5.90. The molecule has 0 fully saturated rings. The van der Waals surface area contributed by atoms with Crippen LogP contribution >= 0.6 is 24.0 Å². The van der Waals surface area contributed by atoms with Crippen LogP contribution in [0.1, 0.15) is 12.0 Å². The molecule has 7 heteroatoms. The molecule has 0 aliphatic carbocycles. The van der Waals surface area contributed by atoms with Gasteiger partial charge < -0.3 is 5.32 Å². The number of amides is 1. The van der Waals surface area contributed by atoms with Gasteiger partial charge in [0.15, 0.2) is 10.6 Å². The number of hydrogen-bond donors (Lipinski definition) is 2. The molecule has 5 nitrogen and oxygen atoms in total. The minimum atomic E-state index is -0.0557. The van der Waals surface area contributed by atoms with Gasteiger partial charge in [0.2, 0.25) is 5.91 Å². The predicted octanol–water partition coefficient (Wildman–Crippen LogP) is 4.67. The van der Waals surface area contributed by atoms with Crippen LogP contribution in [0.15, 0.2) is 53.4 Å². The Morgan fingerprint density at radius 1 is 1.19 bits per heavy atom. The lowest BCUT2D eigenvalue weighted by molar-refractivity contribution is -0.116. The first-order valence-corrected chi connectivity index (χ1v) is 9.86. The van der Waals surface area contributed by atoms with Crippen LogP contribution in [0.5, 0.6) is 0 Å². The van der Waals surface area contributed by atoms with Crippen molar-refractivity contribution in [1.29, 1.82) is 0 Å². The summed E-state index contributed by atoms with van der Waals surface area (Å²) in [6.07, 6.45) is 2.34. The van der Waals surface area contributed by atoms with E-state index in [0.717, 1.165) is 22.0 Å². The third kappa shape index (κ3) is 4.42. The number of H-pyrrole nitrogens is 1. The van der Waals surface area contributed by atoms with Crippen molar-refractivity contribution in [3.63, 3.8) is 0 Å². The highest BCUT2D eigenvalue weighted by atomic mass is 32.2. The van der Waals surface area contributed by atoms with Gasteiger partial charge in [-0.3, -0.25) is 14.5 Å². The topological polar surface area (TPSA) is 62.7 Å². The average Bonchev–Trinajstić information content (AvgIpc) is 3.02. The first-order chi connectivity index (χ1) is 12.6. The normalized spacial score (nSPS) is 10.7. The molecule has 0 aliphatic rings. The number of anilines is 1. The number of nitrogens with one attached hydrogen (secondary N) is 2. The molecule has 1 amide bonds. The van der Waals surface area contributed by atoms with Crippen LogP contribution in [0.3, 0.4) is 0 Å². The summed E-state index contributed by atoms with van der Waals surface area (Å²) in [7, 11) is 0. The number of aromatic amines is 1. The summed E-state index contributed by atoms with van der Waals surface area (Å²) in [5, 5.41) is 10.0. The number of benzene rings is 2. The number of thioether (sulfide) groups is 1. The summed E-state index contributed by atoms with van der Waals surface area (Å²) in [4.78, 5) is 13.4. The van der Waals surface area contributed by atoms with Gasteiger partial charge in [0.05, 0.1) is 0 Å². The Labute approximate surface area is 161 Å². The summed E-state index contributed by atoms with van der Waals surface area (Å²) >= 11 is 6.99. The number of nitrogens with zero attached hydrogens (tertiary/aromatic N) is 2. The van der Waals surface area contributed by atoms with E-state index in [2.05, 4.69) is 15.5 Å². The van der Waals surface area contributed by atoms with Crippen molar-refractivity contribution in [2.24, 2.45) is 0 Å². The molecule has 2 N–H and O–H groups in total. The van der Waals surface area contributed by atoms with E-state index in [4.69, 9.17) is 12.2 Å². The van der Waals surface area contributed by atoms with Crippen LogP contribution in [0.4, 0.5) is 5.69 Å². The van der Waals surface area contributed by atoms with E-state index >= 15 is 0 Å². The van der Waals surface area contributed by atoms with Gasteiger partial charge in [-0.05, 0) is 49.7 Å². The fourth-order valence-electron chi connectivity index (χ4n) is 2.56. The smallest absolute Gasteiger partial charge is 0.226 e. The minimum Gasteiger partial charge on any atom is -0.326 e. The van der Waals surface area contributed by atoms with Crippen molar-refractivity contribution >= 4 is 35.6 Å². The lowest BCUT2D eigenvalue weighted by Gasteiger charge is -2.09. The number of hydrogen-bond acceptors (Lipinski definition) is 4. The minimum absolute atomic E-state index is 0.0557. The van der Waals surface area contributed by atoms with Gasteiger partial charge in [-0.2, -0.15) is 5.10 Å². The van der Waals surface area contributed by atoms with E-state index in [9.17, 15) is 4.79 Å². The average molecular weight is 385 g/mol. The zero-order valence-electron chi connectivity index (χ0n) is 14.7. The van der Waals surface area contributed by atoms with Gasteiger partial charge in [-0.15, -0.1) is 11.8 Å². The lowest BCUT2D eigenvalue weighted by atomic mass is 10.1. The standard InChI is InChI=1S/C19H20N4OS2/c1-13-3-5-14(6-4-13)18-21-22-19(25)23(18)12-11-17(24)20-15-7-9-16(26-2)10-8-15/h3-10H,11-12H2,1-2H3,(H,20,24)(H,22,25). The molecular formula is C19H20N4OS2. The molecule has 2 aromatic carbocycles. The van der Waals surface area contributed by atoms with Gasteiger partial charge >= 0.3 is 0 Å². The molecule has 0 bridgehead atoms. The summed E-state index contributed by atoms with van der Waals surface area (Å²) in [6, 6.07) is 15.9. The second-order valence-corrected chi connectivity index (χ2v) is 7.16. The molecule has 0 atom stereocenters. The Kier molecular flexibility index (Phi) is 5.90. The van der Waals surface area contributed by atoms with E-state index in [1.807, 2.05) is 66.3 Å². The number of aryl methyl sites for hydroxylation is 1. The predicted molar refractivity (Wildman–Crippen MR) is 109 cm³/mol. The van der Waals surface area contributed by atoms with Crippen molar-refractivity contribution < 1.29 is 4.79 Å². The maximum atomic E-state index is 12.3. The van der Waals surface area contributed by atoms with Crippen LogP contribution in [0, 0.1) is 11.7 Å². The van der Waals surface area contributed by atoms with Crippen LogP contribution < -0.4 is 5.32 Å². The molecule has 0 radical (unpaired) electrons. The van der Waals surface area contributed by atoms with E-state index in [1.165, 1.54) is 5.56 Å². The molecule has 0 spiro atoms. The quantitative estimate of drug-likeness (QED) is 0.479. The van der Waals surface area contributed by atoms with Gasteiger partial charge in [-0.1, -0.05) is 29.8 Å². The molecule has 0 saturated carbocycles. The van der Waals surface area contributed by atoms with Crippen LogP contribution in [0.2, 0.25) is 0 Å². The highest BCUT2D eigenvalue weighted by Gasteiger charge is 2.11. The molecule has 1 aromatic heterocycles. The zero-order chi connectivity index (χ0) is 18.5. The largest absolute Gasteiger partial charge is 0.326 e. The molecule has 26 heavy (non-hydrogen) atoms. The van der Waals surface area contributed by atoms with E-state index in [1.54, 1.807) is 11.8 Å². The van der Waals surface area contributed by atoms with E-state index in [0.29, 0.717) is 17.7 Å². The Morgan fingerprint density at radius 3 is 2.54 bits per heavy atom. The summed E-state index contributed by atoms with van der Waals surface area (Å²) in [5.41, 5.74) is 2.94. The maximum Gasteiger partial charge on any atom is 0.226 e. The third-order valence-corrected chi connectivity index (χ3v) is 5.06. The van der Waals surface area contributed by atoms with Crippen LogP contribution in [-0.4, -0.2) is 26.9 Å². The van der Waals surface area contributed by atoms with Crippen molar-refractivity contribution in [3.8, 4) is 11.4 Å². The highest BCUT2D eigenvalue weighted by Crippen LogP contribution is 2.19. The fourth-order valence-corrected chi connectivity index (χ4v) is 3.19. The van der Waals surface area contributed by atoms with Gasteiger partial charge in [0.1, 0.15) is 0 Å². The Bertz CT molecular complexity index is 943. The van der Waals surface area contributed by atoms with E-state index in [-0.39, 0.29) is 5.91 Å². The summed E-state index contributed by atoms with van der Waals surface area (Å²) in [5.74, 6) is 0.687. The molecule has 134 valence electrons. The number of carbonyl (C=O) groups is 1. The first-order valence-electron chi connectivity index (χ1n) is 8.23. The van der Waals surface area contributed by atoms with Crippen LogP contribution in [0.25, 0.3) is 11.4 Å². The zero-order valence-corrected chi connectivity index (χ0v) is 16.3. The Hall–Kier alpha value is -2.38. The number of carbonyl (C=O) groups excluding carboxylic acids is 1. The fraction of sp³-hybridized carbons (Fsp3) is 0.211. The first kappa shape index (κ1) is 18.4. The molecule has 0 unspecified atom stereocenters. The maximum absolute atomic E-state index is 12.3. The molecule has 3 aromatic rings. The third-order valence-electron chi connectivity index (χ3n) is 4.00. The van der Waals surface area contributed by atoms with Crippen LogP contribution in [-0.2, 0) is 11.3 Å². The molecule has 1 heterocycles. The molecular weight excluding hydrogens is 364 g/mol. The Morgan fingerprint density at radius 2 is 1.88 bits per heavy atom. The van der Waals surface area contributed by atoms with Gasteiger partial charge in [0.25, 0.3) is 0 Å². The monoisotopic (exact) mass is 384 g/mol. The summed E-state index contributed by atoms with van der Waals surface area (Å²) < 4.78 is 2.37. The molecule has 0 aliphatic heterocycles. The van der Waals surface area contributed by atoms with Crippen molar-refractivity contribution in [1.82, 2.24) is 14.8 Å². The van der Waals surface area contributed by atoms with Crippen molar-refractivity contribution in [2.45, 2.75) is 24.8 Å². The van der Waals surface area contributed by atoms with Crippen molar-refractivity contribution in [2.75, 3.05) is 11.6 Å². The van der Waals surface area contributed by atoms with Gasteiger partial charge in [-0.25, -0.2) is 0 Å². The lowest BCUT2D eigenvalue weighted by Crippen LogP contribution is -2.15. The van der Waals surface area contributed by atoms with E-state index < -0.39 is 0 Å². The Balaban J connectivity index is 1.67. The van der Waals surface area contributed by atoms with Crippen molar-refractivity contribution in [3.05, 3.63) is 58.9 Å². The molecule has 3 rings (SSSR count). The number of rotatable bonds is 6.